The first-order chi connectivity index (χ1) is 17.3. The number of ether oxygens (including phenoxy) is 1. The van der Waals surface area contributed by atoms with Gasteiger partial charge in [-0.3, -0.25) is 19.7 Å². The van der Waals surface area contributed by atoms with Crippen LogP contribution in [0.3, 0.4) is 0 Å². The maximum atomic E-state index is 12.3. The Bertz CT molecular complexity index is 1530. The van der Waals surface area contributed by atoms with Crippen molar-refractivity contribution < 1.29 is 19.2 Å². The van der Waals surface area contributed by atoms with Gasteiger partial charge in [-0.1, -0.05) is 12.1 Å². The highest BCUT2D eigenvalue weighted by molar-refractivity contribution is 6.06. The number of rotatable bonds is 6. The van der Waals surface area contributed by atoms with Crippen molar-refractivity contribution in [2.45, 2.75) is 0 Å². The van der Waals surface area contributed by atoms with Crippen LogP contribution < -0.4 is 26.8 Å². The second kappa shape index (κ2) is 8.76. The van der Waals surface area contributed by atoms with E-state index in [0.717, 1.165) is 5.69 Å². The van der Waals surface area contributed by atoms with Crippen LogP contribution in [0.1, 0.15) is 20.7 Å². The van der Waals surface area contributed by atoms with Gasteiger partial charge >= 0.3 is 0 Å². The number of amides is 2. The number of hydrogen-bond acceptors (Lipinski definition) is 7. The van der Waals surface area contributed by atoms with Crippen LogP contribution in [0.5, 0.6) is 11.5 Å². The molecule has 0 spiro atoms. The van der Waals surface area contributed by atoms with E-state index in [9.17, 15) is 19.7 Å². The number of nitro benzene ring substituents is 1. The third kappa shape index (κ3) is 4.14. The zero-order valence-corrected chi connectivity index (χ0v) is 18.6. The van der Waals surface area contributed by atoms with Gasteiger partial charge in [0.1, 0.15) is 0 Å². The zero-order chi connectivity index (χ0) is 25.4. The number of carbonyl (C=O) groups excluding carboxylic acids is 2. The molecule has 0 aromatic heterocycles. The van der Waals surface area contributed by atoms with Gasteiger partial charge < -0.3 is 26.8 Å². The molecule has 1 aliphatic heterocycles. The molecule has 0 radical (unpaired) electrons. The van der Waals surface area contributed by atoms with Crippen LogP contribution in [0.4, 0.5) is 28.4 Å². The fourth-order valence-electron chi connectivity index (χ4n) is 3.97. The van der Waals surface area contributed by atoms with Crippen molar-refractivity contribution in [1.82, 2.24) is 0 Å². The van der Waals surface area contributed by atoms with Gasteiger partial charge in [0.2, 0.25) is 11.8 Å². The number of benzene rings is 4. The summed E-state index contributed by atoms with van der Waals surface area (Å²) in [5.74, 6) is -0.284. The molecule has 4 aromatic rings. The minimum atomic E-state index is -0.599. The van der Waals surface area contributed by atoms with Crippen molar-refractivity contribution >= 4 is 40.3 Å². The van der Waals surface area contributed by atoms with Gasteiger partial charge in [0, 0.05) is 40.2 Å². The topological polar surface area (TPSA) is 163 Å². The molecule has 0 saturated heterocycles. The molecule has 10 nitrogen and oxygen atoms in total. The number of anilines is 4. The summed E-state index contributed by atoms with van der Waals surface area (Å²) in [5, 5.41) is 17.3. The van der Waals surface area contributed by atoms with Crippen LogP contribution >= 0.6 is 0 Å². The maximum Gasteiger partial charge on any atom is 0.269 e. The summed E-state index contributed by atoms with van der Waals surface area (Å²) < 4.78 is 6.01. The lowest BCUT2D eigenvalue weighted by molar-refractivity contribution is -0.384. The third-order valence-corrected chi connectivity index (χ3v) is 5.72. The molecule has 0 fully saturated rings. The second-order valence-corrected chi connectivity index (χ2v) is 8.03. The molecule has 0 saturated carbocycles. The molecule has 2 amide bonds. The SMILES string of the molecule is NC(=O)c1ccc2c(c1)Oc1ccc(C(N)=O)c(-c3ccc(Nc4ccc([N+](=O)[O-])cc4)cc3)c1N2. The Morgan fingerprint density at radius 2 is 1.50 bits per heavy atom. The van der Waals surface area contributed by atoms with Crippen LogP contribution in [-0.4, -0.2) is 16.7 Å². The van der Waals surface area contributed by atoms with Gasteiger partial charge in [0.25, 0.3) is 5.69 Å². The van der Waals surface area contributed by atoms with E-state index in [4.69, 9.17) is 16.2 Å². The highest BCUT2D eigenvalue weighted by Gasteiger charge is 2.25. The molecular weight excluding hydrogens is 462 g/mol. The summed E-state index contributed by atoms with van der Waals surface area (Å²) in [6, 6.07) is 21.4. The number of carbonyl (C=O) groups is 2. The van der Waals surface area contributed by atoms with E-state index in [1.807, 2.05) is 24.3 Å². The highest BCUT2D eigenvalue weighted by atomic mass is 16.6. The van der Waals surface area contributed by atoms with E-state index in [-0.39, 0.29) is 5.69 Å². The minimum Gasteiger partial charge on any atom is -0.453 e. The van der Waals surface area contributed by atoms with Gasteiger partial charge in [-0.15, -0.1) is 0 Å². The lowest BCUT2D eigenvalue weighted by Gasteiger charge is -2.25. The highest BCUT2D eigenvalue weighted by Crippen LogP contribution is 2.48. The Hall–Kier alpha value is -5.38. The smallest absolute Gasteiger partial charge is 0.269 e. The van der Waals surface area contributed by atoms with Crippen LogP contribution in [0.15, 0.2) is 78.9 Å². The molecule has 0 bridgehead atoms. The van der Waals surface area contributed by atoms with Gasteiger partial charge in [-0.25, -0.2) is 0 Å². The third-order valence-electron chi connectivity index (χ3n) is 5.72. The molecule has 0 aliphatic carbocycles. The molecule has 6 N–H and O–H groups in total. The van der Waals surface area contributed by atoms with E-state index in [2.05, 4.69) is 10.6 Å². The van der Waals surface area contributed by atoms with Crippen LogP contribution in [0, 0.1) is 10.1 Å². The van der Waals surface area contributed by atoms with Crippen molar-refractivity contribution in [3.8, 4) is 22.6 Å². The standard InChI is InChI=1S/C26H19N5O5/c27-25(32)15-3-11-20-22(13-15)36-21-12-10-19(26(28)33)23(24(21)30-20)14-1-4-16(5-2-14)29-17-6-8-18(9-7-17)31(34)35/h1-13,29-30H,(H2,27,32)(H2,28,33). The van der Waals surface area contributed by atoms with Crippen LogP contribution in [-0.2, 0) is 0 Å². The number of non-ortho nitro benzene ring substituents is 1. The molecule has 10 heteroatoms. The summed E-state index contributed by atoms with van der Waals surface area (Å²) in [6.07, 6.45) is 0. The maximum absolute atomic E-state index is 12.3. The monoisotopic (exact) mass is 481 g/mol. The largest absolute Gasteiger partial charge is 0.453 e. The predicted molar refractivity (Wildman–Crippen MR) is 135 cm³/mol. The lowest BCUT2D eigenvalue weighted by Crippen LogP contribution is -2.15. The lowest BCUT2D eigenvalue weighted by atomic mass is 9.95. The quantitative estimate of drug-likeness (QED) is 0.195. The first-order valence-corrected chi connectivity index (χ1v) is 10.8. The minimum absolute atomic E-state index is 0.00544. The van der Waals surface area contributed by atoms with Gasteiger partial charge in [-0.2, -0.15) is 0 Å². The summed E-state index contributed by atoms with van der Waals surface area (Å²) in [7, 11) is 0. The fourth-order valence-corrected chi connectivity index (χ4v) is 3.97. The Morgan fingerprint density at radius 3 is 2.11 bits per heavy atom. The summed E-state index contributed by atoms with van der Waals surface area (Å²) >= 11 is 0. The molecule has 0 unspecified atom stereocenters. The number of nitrogens with one attached hydrogen (secondary N) is 2. The number of primary amides is 2. The molecular formula is C26H19N5O5. The Labute approximate surface area is 204 Å². The fraction of sp³-hybridized carbons (Fsp3) is 0. The summed E-state index contributed by atoms with van der Waals surface area (Å²) in [6.45, 7) is 0. The van der Waals surface area contributed by atoms with Crippen molar-refractivity contribution in [2.24, 2.45) is 11.5 Å². The molecule has 0 atom stereocenters. The number of nitrogens with two attached hydrogens (primary N) is 2. The Balaban J connectivity index is 1.49. The number of nitro groups is 1. The van der Waals surface area contributed by atoms with Crippen LogP contribution in [0.25, 0.3) is 11.1 Å². The van der Waals surface area contributed by atoms with E-state index in [1.54, 1.807) is 42.5 Å². The van der Waals surface area contributed by atoms with Gasteiger partial charge in [-0.05, 0) is 60.2 Å². The van der Waals surface area contributed by atoms with E-state index in [1.165, 1.54) is 12.1 Å². The van der Waals surface area contributed by atoms with Crippen molar-refractivity contribution in [3.05, 3.63) is 100 Å². The Morgan fingerprint density at radius 1 is 0.833 bits per heavy atom. The second-order valence-electron chi connectivity index (χ2n) is 8.03. The van der Waals surface area contributed by atoms with Crippen molar-refractivity contribution in [1.29, 1.82) is 0 Å². The van der Waals surface area contributed by atoms with Gasteiger partial charge in [0.15, 0.2) is 11.5 Å². The summed E-state index contributed by atoms with van der Waals surface area (Å²) in [5.41, 5.74) is 15.5. The predicted octanol–water partition coefficient (Wildman–Crippen LogP) is 5.05. The van der Waals surface area contributed by atoms with E-state index < -0.39 is 16.7 Å². The first kappa shape index (κ1) is 22.4. The number of hydrogen-bond donors (Lipinski definition) is 4. The van der Waals surface area contributed by atoms with E-state index >= 15 is 0 Å². The van der Waals surface area contributed by atoms with Crippen molar-refractivity contribution in [3.63, 3.8) is 0 Å². The normalized spacial score (nSPS) is 11.3. The average molecular weight is 481 g/mol. The number of nitrogens with zero attached hydrogens (tertiary/aromatic N) is 1. The van der Waals surface area contributed by atoms with Gasteiger partial charge in [0.05, 0.1) is 16.3 Å². The molecule has 4 aromatic carbocycles. The first-order valence-electron chi connectivity index (χ1n) is 10.8. The molecule has 1 heterocycles. The zero-order valence-electron chi connectivity index (χ0n) is 18.6. The number of fused-ring (bicyclic) bond motifs is 2. The molecule has 1 aliphatic rings. The molecule has 36 heavy (non-hydrogen) atoms. The molecule has 5 rings (SSSR count). The van der Waals surface area contributed by atoms with E-state index in [0.29, 0.717) is 50.8 Å². The average Bonchev–Trinajstić information content (AvgIpc) is 2.87. The van der Waals surface area contributed by atoms with Crippen molar-refractivity contribution in [2.75, 3.05) is 10.6 Å². The molecule has 178 valence electrons. The summed E-state index contributed by atoms with van der Waals surface area (Å²) in [4.78, 5) is 34.2. The van der Waals surface area contributed by atoms with Crippen LogP contribution in [0.2, 0.25) is 0 Å². The Kier molecular flexibility index (Phi) is 5.46.